The first-order chi connectivity index (χ1) is 19.7. The molecule has 1 aliphatic heterocycles. The molecule has 41 heavy (non-hydrogen) atoms. The van der Waals surface area contributed by atoms with E-state index in [-0.39, 0.29) is 49.8 Å². The summed E-state index contributed by atoms with van der Waals surface area (Å²) in [5, 5.41) is 6.32. The Bertz CT molecular complexity index is 1470. The summed E-state index contributed by atoms with van der Waals surface area (Å²) in [5.41, 5.74) is -0.252. The number of nitrogens with zero attached hydrogens (tertiary/aromatic N) is 1. The van der Waals surface area contributed by atoms with Gasteiger partial charge in [0.15, 0.2) is 11.3 Å². The van der Waals surface area contributed by atoms with Gasteiger partial charge in [0, 0.05) is 36.9 Å². The highest BCUT2D eigenvalue weighted by atomic mass is 19.1. The largest absolute Gasteiger partial charge is 0.496 e. The second-order valence-corrected chi connectivity index (χ2v) is 10.4. The third kappa shape index (κ3) is 5.58. The summed E-state index contributed by atoms with van der Waals surface area (Å²) in [5.74, 6) is -1.14. The van der Waals surface area contributed by atoms with Crippen LogP contribution in [0.1, 0.15) is 59.6 Å². The zero-order valence-corrected chi connectivity index (χ0v) is 23.4. The van der Waals surface area contributed by atoms with Crippen LogP contribution in [-0.4, -0.2) is 67.7 Å². The Morgan fingerprint density at radius 2 is 2.00 bits per heavy atom. The lowest BCUT2D eigenvalue weighted by Gasteiger charge is -2.37. The number of nitrogens with one attached hydrogen (secondary N) is 2. The number of furan rings is 1. The van der Waals surface area contributed by atoms with Gasteiger partial charge in [-0.3, -0.25) is 14.4 Å². The van der Waals surface area contributed by atoms with Crippen molar-refractivity contribution < 1.29 is 37.4 Å². The van der Waals surface area contributed by atoms with Crippen LogP contribution in [0.5, 0.6) is 11.5 Å². The van der Waals surface area contributed by atoms with Crippen LogP contribution >= 0.6 is 0 Å². The first-order valence-electron chi connectivity index (χ1n) is 13.8. The fraction of sp³-hybridized carbons (Fsp3) is 0.433. The number of ether oxygens (including phenoxy) is 3. The van der Waals surface area contributed by atoms with Crippen molar-refractivity contribution in [3.63, 3.8) is 0 Å². The highest BCUT2D eigenvalue weighted by molar-refractivity contribution is 6.06. The number of benzene rings is 2. The lowest BCUT2D eigenvalue weighted by molar-refractivity contribution is -0.133. The minimum atomic E-state index is -1.45. The van der Waals surface area contributed by atoms with E-state index in [0.29, 0.717) is 34.5 Å². The van der Waals surface area contributed by atoms with E-state index >= 15 is 0 Å². The summed E-state index contributed by atoms with van der Waals surface area (Å²) < 4.78 is 36.8. The molecule has 0 saturated heterocycles. The predicted molar refractivity (Wildman–Crippen MR) is 148 cm³/mol. The summed E-state index contributed by atoms with van der Waals surface area (Å²) in [6.45, 7) is 3.94. The molecular weight excluding hydrogens is 533 g/mol. The van der Waals surface area contributed by atoms with E-state index in [2.05, 4.69) is 10.6 Å². The van der Waals surface area contributed by atoms with Crippen LogP contribution in [0.25, 0.3) is 11.0 Å². The molecule has 3 amide bonds. The molecule has 2 aliphatic rings. The van der Waals surface area contributed by atoms with Gasteiger partial charge in [0.2, 0.25) is 11.7 Å². The molecule has 3 aromatic rings. The van der Waals surface area contributed by atoms with Crippen LogP contribution in [0.3, 0.4) is 0 Å². The Kier molecular flexibility index (Phi) is 8.16. The summed E-state index contributed by atoms with van der Waals surface area (Å²) >= 11 is 0. The minimum absolute atomic E-state index is 0.0268. The first-order valence-corrected chi connectivity index (χ1v) is 13.8. The Hall–Kier alpha value is -4.12. The van der Waals surface area contributed by atoms with E-state index in [1.165, 1.54) is 30.2 Å². The van der Waals surface area contributed by atoms with Gasteiger partial charge in [-0.1, -0.05) is 0 Å². The average Bonchev–Trinajstić information content (AvgIpc) is 3.27. The van der Waals surface area contributed by atoms with E-state index in [4.69, 9.17) is 18.6 Å². The average molecular weight is 568 g/mol. The van der Waals surface area contributed by atoms with Gasteiger partial charge in [0.25, 0.3) is 11.8 Å². The number of methoxy groups -OCH3 is 1. The quantitative estimate of drug-likeness (QED) is 0.358. The summed E-state index contributed by atoms with van der Waals surface area (Å²) in [6, 6.07) is 9.16. The monoisotopic (exact) mass is 567 g/mol. The predicted octanol–water partition coefficient (Wildman–Crippen LogP) is 3.81. The van der Waals surface area contributed by atoms with Gasteiger partial charge in [0.05, 0.1) is 19.1 Å². The first kappa shape index (κ1) is 28.4. The zero-order chi connectivity index (χ0) is 29.1. The van der Waals surface area contributed by atoms with Crippen molar-refractivity contribution in [3.8, 4) is 11.5 Å². The molecule has 2 N–H and O–H groups in total. The normalized spacial score (nSPS) is 18.7. The number of rotatable bonds is 10. The van der Waals surface area contributed by atoms with Gasteiger partial charge in [-0.2, -0.15) is 0 Å². The second kappa shape index (κ2) is 11.8. The third-order valence-corrected chi connectivity index (χ3v) is 7.71. The SMILES string of the molecule is CCOCCN1C(=O)c2oc3cc(C(=O)NC4CCC4)ccc3c2OCC1(C)C(=O)NCc1cc(F)ccc1OC. The number of amides is 3. The number of carbonyl (C=O) groups is 3. The molecule has 0 bridgehead atoms. The standard InChI is InChI=1S/C30H34FN3O7/c1-4-39-13-12-34-28(36)26-25(22-10-8-18(15-24(22)41-26)27(35)33-21-6-5-7-21)40-17-30(34,2)29(37)32-16-19-14-20(31)9-11-23(19)38-3/h8-11,14-15,21H,4-7,12-13,16-17H2,1-3H3,(H,32,37)(H,33,35). The Morgan fingerprint density at radius 3 is 2.71 bits per heavy atom. The Labute approximate surface area is 237 Å². The highest BCUT2D eigenvalue weighted by Crippen LogP contribution is 2.39. The molecule has 1 aliphatic carbocycles. The van der Waals surface area contributed by atoms with Crippen molar-refractivity contribution >= 4 is 28.7 Å². The minimum Gasteiger partial charge on any atom is -0.496 e. The van der Waals surface area contributed by atoms with E-state index in [0.717, 1.165) is 19.3 Å². The molecule has 1 unspecified atom stereocenters. The van der Waals surface area contributed by atoms with E-state index in [1.54, 1.807) is 25.1 Å². The van der Waals surface area contributed by atoms with E-state index in [1.807, 2.05) is 6.92 Å². The van der Waals surface area contributed by atoms with Gasteiger partial charge in [-0.05, 0) is 69.5 Å². The maximum atomic E-state index is 13.9. The fourth-order valence-electron chi connectivity index (χ4n) is 5.04. The lowest BCUT2D eigenvalue weighted by atomic mass is 9.93. The van der Waals surface area contributed by atoms with Crippen LogP contribution < -0.4 is 20.1 Å². The number of fused-ring (bicyclic) bond motifs is 3. The number of hydrogen-bond donors (Lipinski definition) is 2. The topological polar surface area (TPSA) is 119 Å². The van der Waals surface area contributed by atoms with Crippen LogP contribution in [0.15, 0.2) is 40.8 Å². The molecule has 10 nitrogen and oxygen atoms in total. The van der Waals surface area contributed by atoms with Crippen molar-refractivity contribution in [3.05, 3.63) is 59.1 Å². The highest BCUT2D eigenvalue weighted by Gasteiger charge is 2.47. The maximum absolute atomic E-state index is 13.9. The molecule has 1 fully saturated rings. The molecule has 1 atom stereocenters. The van der Waals surface area contributed by atoms with Crippen LogP contribution in [0.2, 0.25) is 0 Å². The molecule has 1 aromatic heterocycles. The summed E-state index contributed by atoms with van der Waals surface area (Å²) in [6.07, 6.45) is 3.03. The molecule has 218 valence electrons. The zero-order valence-electron chi connectivity index (χ0n) is 23.4. The van der Waals surface area contributed by atoms with Gasteiger partial charge >= 0.3 is 0 Å². The number of carbonyl (C=O) groups excluding carboxylic acids is 3. The van der Waals surface area contributed by atoms with Gasteiger partial charge in [0.1, 0.15) is 23.8 Å². The summed E-state index contributed by atoms with van der Waals surface area (Å²) in [4.78, 5) is 41.6. The van der Waals surface area contributed by atoms with Crippen molar-refractivity contribution in [1.82, 2.24) is 15.5 Å². The second-order valence-electron chi connectivity index (χ2n) is 10.4. The Balaban J connectivity index is 1.42. The maximum Gasteiger partial charge on any atom is 0.294 e. The van der Waals surface area contributed by atoms with Gasteiger partial charge in [-0.25, -0.2) is 4.39 Å². The van der Waals surface area contributed by atoms with Crippen molar-refractivity contribution in [2.75, 3.05) is 33.5 Å². The van der Waals surface area contributed by atoms with Crippen LogP contribution in [-0.2, 0) is 16.1 Å². The van der Waals surface area contributed by atoms with Crippen LogP contribution in [0, 0.1) is 5.82 Å². The van der Waals surface area contributed by atoms with Crippen molar-refractivity contribution in [1.29, 1.82) is 0 Å². The van der Waals surface area contributed by atoms with Crippen molar-refractivity contribution in [2.45, 2.75) is 51.2 Å². The fourth-order valence-corrected chi connectivity index (χ4v) is 5.04. The lowest BCUT2D eigenvalue weighted by Crippen LogP contribution is -2.61. The molecule has 2 aromatic carbocycles. The molecule has 0 radical (unpaired) electrons. The van der Waals surface area contributed by atoms with E-state index < -0.39 is 23.2 Å². The molecule has 2 heterocycles. The molecular formula is C30H34FN3O7. The van der Waals surface area contributed by atoms with Gasteiger partial charge in [-0.15, -0.1) is 0 Å². The van der Waals surface area contributed by atoms with E-state index in [9.17, 15) is 18.8 Å². The number of halogens is 1. The molecule has 1 saturated carbocycles. The van der Waals surface area contributed by atoms with Gasteiger partial charge < -0.3 is 34.2 Å². The Morgan fingerprint density at radius 1 is 1.20 bits per heavy atom. The smallest absolute Gasteiger partial charge is 0.294 e. The van der Waals surface area contributed by atoms with Crippen molar-refractivity contribution in [2.24, 2.45) is 0 Å². The third-order valence-electron chi connectivity index (χ3n) is 7.71. The molecule has 11 heteroatoms. The molecule has 0 spiro atoms. The van der Waals surface area contributed by atoms with Crippen LogP contribution in [0.4, 0.5) is 4.39 Å². The molecule has 5 rings (SSSR count). The number of hydrogen-bond acceptors (Lipinski definition) is 7. The summed E-state index contributed by atoms with van der Waals surface area (Å²) in [7, 11) is 1.46.